The SMILES string of the molecule is CCC(NC(=S)Nc1ccc(C(C)C)cc1)c1ccc(C)c(C)c1. The largest absolute Gasteiger partial charge is 0.356 e. The molecule has 0 fully saturated rings. The van der Waals surface area contributed by atoms with Crippen LogP contribution in [0.1, 0.15) is 61.4 Å². The summed E-state index contributed by atoms with van der Waals surface area (Å²) >= 11 is 5.50. The topological polar surface area (TPSA) is 24.1 Å². The van der Waals surface area contributed by atoms with Crippen molar-refractivity contribution in [3.05, 3.63) is 64.7 Å². The predicted octanol–water partition coefficient (Wildman–Crippen LogP) is 5.86. The summed E-state index contributed by atoms with van der Waals surface area (Å²) in [6, 6.07) is 15.3. The van der Waals surface area contributed by atoms with E-state index in [0.717, 1.165) is 12.1 Å². The normalized spacial score (nSPS) is 12.1. The van der Waals surface area contributed by atoms with Crippen molar-refractivity contribution in [2.24, 2.45) is 0 Å². The van der Waals surface area contributed by atoms with Gasteiger partial charge in [0, 0.05) is 5.69 Å². The van der Waals surface area contributed by atoms with Crippen LogP contribution in [0.5, 0.6) is 0 Å². The molecule has 2 rings (SSSR count). The van der Waals surface area contributed by atoms with Crippen LogP contribution in [0.25, 0.3) is 0 Å². The second-order valence-corrected chi connectivity index (χ2v) is 7.09. The fourth-order valence-electron chi connectivity index (χ4n) is 2.68. The molecule has 0 bridgehead atoms. The van der Waals surface area contributed by atoms with Gasteiger partial charge in [0.1, 0.15) is 0 Å². The van der Waals surface area contributed by atoms with Crippen LogP contribution in [-0.2, 0) is 0 Å². The van der Waals surface area contributed by atoms with Gasteiger partial charge >= 0.3 is 0 Å². The highest BCUT2D eigenvalue weighted by atomic mass is 32.1. The van der Waals surface area contributed by atoms with Gasteiger partial charge in [0.05, 0.1) is 6.04 Å². The number of benzene rings is 2. The Morgan fingerprint density at radius 2 is 1.58 bits per heavy atom. The van der Waals surface area contributed by atoms with E-state index in [1.165, 1.54) is 22.3 Å². The zero-order valence-electron chi connectivity index (χ0n) is 15.3. The summed E-state index contributed by atoms with van der Waals surface area (Å²) in [4.78, 5) is 0. The van der Waals surface area contributed by atoms with E-state index in [4.69, 9.17) is 12.2 Å². The molecule has 0 spiro atoms. The summed E-state index contributed by atoms with van der Waals surface area (Å²) in [7, 11) is 0. The summed E-state index contributed by atoms with van der Waals surface area (Å²) in [5.41, 5.74) is 6.27. The van der Waals surface area contributed by atoms with Crippen LogP contribution < -0.4 is 10.6 Å². The van der Waals surface area contributed by atoms with Crippen molar-refractivity contribution in [2.75, 3.05) is 5.32 Å². The molecule has 2 nitrogen and oxygen atoms in total. The Balaban J connectivity index is 2.02. The molecule has 0 heterocycles. The first-order valence-corrected chi connectivity index (χ1v) is 9.06. The molecule has 0 amide bonds. The first-order valence-electron chi connectivity index (χ1n) is 8.65. The summed E-state index contributed by atoms with van der Waals surface area (Å²) in [6.07, 6.45) is 0.983. The molecule has 0 aromatic heterocycles. The minimum Gasteiger partial charge on any atom is -0.356 e. The van der Waals surface area contributed by atoms with E-state index >= 15 is 0 Å². The monoisotopic (exact) mass is 340 g/mol. The maximum Gasteiger partial charge on any atom is 0.171 e. The highest BCUT2D eigenvalue weighted by Gasteiger charge is 2.11. The summed E-state index contributed by atoms with van der Waals surface area (Å²) in [6.45, 7) is 10.9. The molecule has 1 unspecified atom stereocenters. The average Bonchev–Trinajstić information content (AvgIpc) is 2.55. The van der Waals surface area contributed by atoms with Crippen molar-refractivity contribution >= 4 is 23.0 Å². The highest BCUT2D eigenvalue weighted by molar-refractivity contribution is 7.80. The van der Waals surface area contributed by atoms with E-state index in [2.05, 4.69) is 87.7 Å². The molecule has 0 aliphatic carbocycles. The highest BCUT2D eigenvalue weighted by Crippen LogP contribution is 2.21. The number of rotatable bonds is 5. The van der Waals surface area contributed by atoms with Gasteiger partial charge in [-0.3, -0.25) is 0 Å². The molecule has 128 valence electrons. The third-order valence-electron chi connectivity index (χ3n) is 4.48. The van der Waals surface area contributed by atoms with Gasteiger partial charge in [-0.05, 0) is 72.8 Å². The fourth-order valence-corrected chi connectivity index (χ4v) is 2.94. The van der Waals surface area contributed by atoms with E-state index < -0.39 is 0 Å². The Morgan fingerprint density at radius 1 is 0.958 bits per heavy atom. The molecule has 2 aromatic rings. The van der Waals surface area contributed by atoms with Gasteiger partial charge in [0.25, 0.3) is 0 Å². The third kappa shape index (κ3) is 4.81. The van der Waals surface area contributed by atoms with Crippen LogP contribution >= 0.6 is 12.2 Å². The first-order chi connectivity index (χ1) is 11.4. The Bertz CT molecular complexity index is 689. The zero-order chi connectivity index (χ0) is 17.7. The van der Waals surface area contributed by atoms with E-state index in [-0.39, 0.29) is 6.04 Å². The summed E-state index contributed by atoms with van der Waals surface area (Å²) < 4.78 is 0. The van der Waals surface area contributed by atoms with Gasteiger partial charge in [0.15, 0.2) is 5.11 Å². The number of thiocarbonyl (C=S) groups is 1. The Kier molecular flexibility index (Phi) is 6.38. The smallest absolute Gasteiger partial charge is 0.171 e. The molecule has 2 aromatic carbocycles. The molecule has 0 radical (unpaired) electrons. The van der Waals surface area contributed by atoms with Gasteiger partial charge in [-0.1, -0.05) is 51.1 Å². The lowest BCUT2D eigenvalue weighted by atomic mass is 9.99. The minimum absolute atomic E-state index is 0.222. The number of aryl methyl sites for hydroxylation is 2. The van der Waals surface area contributed by atoms with Crippen LogP contribution in [0.2, 0.25) is 0 Å². The van der Waals surface area contributed by atoms with Crippen LogP contribution in [0, 0.1) is 13.8 Å². The summed E-state index contributed by atoms with van der Waals surface area (Å²) in [5, 5.41) is 7.39. The quantitative estimate of drug-likeness (QED) is 0.666. The van der Waals surface area contributed by atoms with Crippen molar-refractivity contribution in [1.29, 1.82) is 0 Å². The Labute approximate surface area is 151 Å². The number of nitrogens with one attached hydrogen (secondary N) is 2. The van der Waals surface area contributed by atoms with Crippen molar-refractivity contribution in [1.82, 2.24) is 5.32 Å². The van der Waals surface area contributed by atoms with Crippen LogP contribution in [0.4, 0.5) is 5.69 Å². The van der Waals surface area contributed by atoms with Crippen molar-refractivity contribution < 1.29 is 0 Å². The van der Waals surface area contributed by atoms with Gasteiger partial charge in [0.2, 0.25) is 0 Å². The molecule has 0 aliphatic heterocycles. The molecular formula is C21H28N2S. The molecule has 3 heteroatoms. The zero-order valence-corrected chi connectivity index (χ0v) is 16.1. The molecule has 0 aliphatic rings. The molecule has 1 atom stereocenters. The second-order valence-electron chi connectivity index (χ2n) is 6.68. The lowest BCUT2D eigenvalue weighted by molar-refractivity contribution is 0.628. The molecule has 0 saturated heterocycles. The predicted molar refractivity (Wildman–Crippen MR) is 109 cm³/mol. The van der Waals surface area contributed by atoms with Gasteiger partial charge < -0.3 is 10.6 Å². The first kappa shape index (κ1) is 18.5. The number of hydrogen-bond acceptors (Lipinski definition) is 1. The van der Waals surface area contributed by atoms with Crippen molar-refractivity contribution in [3.63, 3.8) is 0 Å². The summed E-state index contributed by atoms with van der Waals surface area (Å²) in [5.74, 6) is 0.540. The Morgan fingerprint density at radius 3 is 2.12 bits per heavy atom. The van der Waals surface area contributed by atoms with Gasteiger partial charge in [-0.15, -0.1) is 0 Å². The molecular weight excluding hydrogens is 312 g/mol. The van der Waals surface area contributed by atoms with Gasteiger partial charge in [-0.2, -0.15) is 0 Å². The fraction of sp³-hybridized carbons (Fsp3) is 0.381. The van der Waals surface area contributed by atoms with Crippen molar-refractivity contribution in [2.45, 2.75) is 53.0 Å². The number of hydrogen-bond donors (Lipinski definition) is 2. The minimum atomic E-state index is 0.222. The van der Waals surface area contributed by atoms with E-state index in [1.54, 1.807) is 0 Å². The van der Waals surface area contributed by atoms with Gasteiger partial charge in [-0.25, -0.2) is 0 Å². The van der Waals surface area contributed by atoms with Crippen LogP contribution in [0.15, 0.2) is 42.5 Å². The average molecular weight is 341 g/mol. The van der Waals surface area contributed by atoms with E-state index in [0.29, 0.717) is 11.0 Å². The van der Waals surface area contributed by atoms with E-state index in [1.807, 2.05) is 0 Å². The van der Waals surface area contributed by atoms with Crippen LogP contribution in [-0.4, -0.2) is 5.11 Å². The maximum absolute atomic E-state index is 5.50. The maximum atomic E-state index is 5.50. The number of anilines is 1. The van der Waals surface area contributed by atoms with Crippen molar-refractivity contribution in [3.8, 4) is 0 Å². The standard InChI is InChI=1S/C21H28N2S/c1-6-20(18-8-7-15(4)16(5)13-18)23-21(24)22-19-11-9-17(10-12-19)14(2)3/h7-14,20H,6H2,1-5H3,(H2,22,23,24). The third-order valence-corrected chi connectivity index (χ3v) is 4.70. The second kappa shape index (κ2) is 8.29. The van der Waals surface area contributed by atoms with E-state index in [9.17, 15) is 0 Å². The Hall–Kier alpha value is -1.87. The molecule has 0 saturated carbocycles. The van der Waals surface area contributed by atoms with Crippen LogP contribution in [0.3, 0.4) is 0 Å². The molecule has 2 N–H and O–H groups in total. The lowest BCUT2D eigenvalue weighted by Crippen LogP contribution is -2.32. The lowest BCUT2D eigenvalue weighted by Gasteiger charge is -2.21. The molecule has 24 heavy (non-hydrogen) atoms.